The number of carbonyl (C=O) groups excluding carboxylic acids is 2. The molecule has 3 atom stereocenters. The van der Waals surface area contributed by atoms with Crippen molar-refractivity contribution in [3.05, 3.63) is 112 Å². The Kier molecular flexibility index (Phi) is 7.34. The van der Waals surface area contributed by atoms with E-state index in [4.69, 9.17) is 0 Å². The topological polar surface area (TPSA) is 120 Å². The van der Waals surface area contributed by atoms with Crippen molar-refractivity contribution in [2.24, 2.45) is 0 Å². The van der Waals surface area contributed by atoms with Crippen molar-refractivity contribution in [3.8, 4) is 0 Å². The molecule has 5 rings (SSSR count). The summed E-state index contributed by atoms with van der Waals surface area (Å²) < 4.78 is 2.17. The fourth-order valence-electron chi connectivity index (χ4n) is 5.40. The highest BCUT2D eigenvalue weighted by atomic mass is 16.5. The summed E-state index contributed by atoms with van der Waals surface area (Å²) in [7, 11) is 0. The highest BCUT2D eigenvalue weighted by Crippen LogP contribution is 2.45. The third-order valence-electron chi connectivity index (χ3n) is 7.75. The Morgan fingerprint density at radius 1 is 0.769 bits per heavy atom. The molecular formula is C32H31NO6. The van der Waals surface area contributed by atoms with Gasteiger partial charge in [-0.15, -0.1) is 0 Å². The second kappa shape index (κ2) is 10.7. The summed E-state index contributed by atoms with van der Waals surface area (Å²) in [4.78, 5) is 27.9. The van der Waals surface area contributed by atoms with Crippen molar-refractivity contribution >= 4 is 28.5 Å². The van der Waals surface area contributed by atoms with E-state index >= 15 is 0 Å². The quantitative estimate of drug-likeness (QED) is 0.158. The molecule has 0 bridgehead atoms. The summed E-state index contributed by atoms with van der Waals surface area (Å²) >= 11 is 0. The number of carbonyl (C=O) groups is 2. The molecule has 0 saturated heterocycles. The zero-order valence-electron chi connectivity index (χ0n) is 21.7. The predicted octanol–water partition coefficient (Wildman–Crippen LogP) is 4.68. The number of para-hydroxylation sites is 1. The van der Waals surface area contributed by atoms with E-state index in [0.29, 0.717) is 11.1 Å². The summed E-state index contributed by atoms with van der Waals surface area (Å²) in [5, 5.41) is 39.0. The van der Waals surface area contributed by atoms with Gasteiger partial charge in [0.2, 0.25) is 0 Å². The van der Waals surface area contributed by atoms with Gasteiger partial charge in [-0.05, 0) is 36.6 Å². The van der Waals surface area contributed by atoms with Crippen LogP contribution in [0.3, 0.4) is 0 Å². The van der Waals surface area contributed by atoms with Crippen LogP contribution in [0.5, 0.6) is 0 Å². The van der Waals surface area contributed by atoms with Crippen LogP contribution in [0.1, 0.15) is 78.5 Å². The monoisotopic (exact) mass is 525 g/mol. The molecule has 3 aromatic carbocycles. The van der Waals surface area contributed by atoms with E-state index in [1.165, 1.54) is 24.3 Å². The molecule has 7 heteroatoms. The highest BCUT2D eigenvalue weighted by molar-refractivity contribution is 6.33. The number of rotatable bonds is 7. The molecular weight excluding hydrogens is 494 g/mol. The van der Waals surface area contributed by atoms with E-state index < -0.39 is 24.4 Å². The molecule has 1 heterocycles. The lowest BCUT2D eigenvalue weighted by Gasteiger charge is -2.18. The second-order valence-corrected chi connectivity index (χ2v) is 10.1. The highest BCUT2D eigenvalue weighted by Gasteiger charge is 2.47. The molecule has 7 nitrogen and oxygen atoms in total. The maximum Gasteiger partial charge on any atom is 0.178 e. The van der Waals surface area contributed by atoms with Gasteiger partial charge in [0.1, 0.15) is 0 Å². The Hall–Kier alpha value is -3.88. The number of allylic oxidation sites excluding steroid dienone is 1. The number of ketones is 2. The van der Waals surface area contributed by atoms with E-state index in [2.05, 4.69) is 18.4 Å². The average molecular weight is 526 g/mol. The maximum absolute atomic E-state index is 14.0. The molecule has 0 radical (unpaired) electrons. The molecule has 1 aliphatic carbocycles. The Bertz CT molecular complexity index is 1470. The van der Waals surface area contributed by atoms with Gasteiger partial charge in [0.25, 0.3) is 0 Å². The van der Waals surface area contributed by atoms with Crippen LogP contribution in [-0.4, -0.2) is 36.6 Å². The molecule has 1 aliphatic rings. The number of aliphatic hydroxyl groups excluding tert-OH is 2. The van der Waals surface area contributed by atoms with Crippen LogP contribution in [0.2, 0.25) is 0 Å². The lowest BCUT2D eigenvalue weighted by atomic mass is 9.83. The Balaban J connectivity index is 1.64. The minimum Gasteiger partial charge on any atom is -0.364 e. The molecule has 1 saturated carbocycles. The number of aliphatic hydroxyl groups is 4. The molecule has 39 heavy (non-hydrogen) atoms. The summed E-state index contributed by atoms with van der Waals surface area (Å²) in [5.74, 6) is -2.26. The third-order valence-corrected chi connectivity index (χ3v) is 7.75. The number of nitrogens with zero attached hydrogens (tertiary/aromatic N) is 1. The molecule has 0 amide bonds. The van der Waals surface area contributed by atoms with E-state index in [9.17, 15) is 30.0 Å². The van der Waals surface area contributed by atoms with Crippen LogP contribution in [0, 0.1) is 0 Å². The van der Waals surface area contributed by atoms with E-state index in [1.54, 1.807) is 30.3 Å². The normalized spacial score (nSPS) is 18.5. The first-order valence-electron chi connectivity index (χ1n) is 13.0. The smallest absolute Gasteiger partial charge is 0.178 e. The molecule has 4 aromatic rings. The molecule has 1 fully saturated rings. The number of hydrogen-bond acceptors (Lipinski definition) is 6. The largest absolute Gasteiger partial charge is 0.364 e. The van der Waals surface area contributed by atoms with Crippen LogP contribution in [0.4, 0.5) is 0 Å². The Morgan fingerprint density at radius 3 is 1.72 bits per heavy atom. The number of fused-ring (bicyclic) bond motifs is 1. The zero-order valence-corrected chi connectivity index (χ0v) is 21.7. The van der Waals surface area contributed by atoms with Gasteiger partial charge >= 0.3 is 0 Å². The van der Waals surface area contributed by atoms with Gasteiger partial charge in [0.15, 0.2) is 24.1 Å². The Morgan fingerprint density at radius 2 is 1.26 bits per heavy atom. The first-order chi connectivity index (χ1) is 18.7. The fourth-order valence-corrected chi connectivity index (χ4v) is 5.40. The lowest BCUT2D eigenvalue weighted by molar-refractivity contribution is -0.116. The van der Waals surface area contributed by atoms with E-state index in [-0.39, 0.29) is 34.3 Å². The molecule has 3 unspecified atom stereocenters. The third kappa shape index (κ3) is 4.86. The molecule has 4 N–H and O–H groups in total. The van der Waals surface area contributed by atoms with Gasteiger partial charge in [-0.25, -0.2) is 0 Å². The van der Waals surface area contributed by atoms with Crippen LogP contribution >= 0.6 is 0 Å². The number of hydrogen-bond donors (Lipinski definition) is 4. The minimum absolute atomic E-state index is 0.106. The second-order valence-electron chi connectivity index (χ2n) is 10.1. The Labute approximate surface area is 226 Å². The molecule has 1 aromatic heterocycles. The summed E-state index contributed by atoms with van der Waals surface area (Å²) in [6.45, 7) is 4.24. The van der Waals surface area contributed by atoms with Crippen LogP contribution in [-0.2, 0) is 9.59 Å². The summed E-state index contributed by atoms with van der Waals surface area (Å²) in [5.41, 5.74) is 3.65. The van der Waals surface area contributed by atoms with Crippen LogP contribution < -0.4 is 0 Å². The van der Waals surface area contributed by atoms with Crippen molar-refractivity contribution in [3.63, 3.8) is 0 Å². The first kappa shape index (κ1) is 26.7. The first-order valence-corrected chi connectivity index (χ1v) is 13.0. The van der Waals surface area contributed by atoms with Gasteiger partial charge in [-0.3, -0.25) is 9.59 Å². The van der Waals surface area contributed by atoms with Crippen LogP contribution in [0.15, 0.2) is 84.6 Å². The summed E-state index contributed by atoms with van der Waals surface area (Å²) in [6, 6.07) is 20.8. The summed E-state index contributed by atoms with van der Waals surface area (Å²) in [6.07, 6.45) is 1.31. The van der Waals surface area contributed by atoms with Gasteiger partial charge in [0, 0.05) is 39.8 Å². The van der Waals surface area contributed by atoms with Crippen molar-refractivity contribution in [1.82, 2.24) is 4.57 Å². The van der Waals surface area contributed by atoms with Gasteiger partial charge in [0.05, 0.1) is 17.4 Å². The van der Waals surface area contributed by atoms with Gasteiger partial charge in [-0.1, -0.05) is 73.7 Å². The van der Waals surface area contributed by atoms with Crippen molar-refractivity contribution < 1.29 is 30.0 Å². The predicted molar refractivity (Wildman–Crippen MR) is 148 cm³/mol. The van der Waals surface area contributed by atoms with Crippen molar-refractivity contribution in [2.45, 2.75) is 50.7 Å². The van der Waals surface area contributed by atoms with Crippen LogP contribution in [0.25, 0.3) is 17.0 Å². The van der Waals surface area contributed by atoms with E-state index in [0.717, 1.165) is 22.9 Å². The number of benzene rings is 3. The fraction of sp³-hybridized carbons (Fsp3) is 0.250. The van der Waals surface area contributed by atoms with Gasteiger partial charge < -0.3 is 25.0 Å². The van der Waals surface area contributed by atoms with Gasteiger partial charge in [-0.2, -0.15) is 0 Å². The number of Topliss-reactive ketones (excluding diaryl/α,β-unsaturated/α-hetero) is 2. The maximum atomic E-state index is 14.0. The van der Waals surface area contributed by atoms with E-state index in [1.807, 2.05) is 30.5 Å². The molecule has 0 aliphatic heterocycles. The standard InChI is InChI=1S/C32H31NO6/c1-3-18(2)33-17-23(24-6-4-5-7-26(24)33)16-25-29(34)27(19-8-12-21(13-9-19)31(36)37)28(30(25)35)20-10-14-22(15-11-20)32(38)39/h4-18,27-28,31-32,36-39H,3H2,1-2H3. The van der Waals surface area contributed by atoms with Crippen molar-refractivity contribution in [2.75, 3.05) is 0 Å². The number of aromatic nitrogens is 1. The average Bonchev–Trinajstić information content (AvgIpc) is 3.43. The van der Waals surface area contributed by atoms with Crippen molar-refractivity contribution in [1.29, 1.82) is 0 Å². The molecule has 200 valence electrons. The zero-order chi connectivity index (χ0) is 27.8. The lowest BCUT2D eigenvalue weighted by Crippen LogP contribution is -2.14. The molecule has 0 spiro atoms. The SMILES string of the molecule is CCC(C)n1cc(C=C2C(=O)C(c3ccc(C(O)O)cc3)C(c3ccc(C(O)O)cc3)C2=O)c2ccccc21. The minimum atomic E-state index is -1.65.